The minimum atomic E-state index is -0.680. The fraction of sp³-hybridized carbons (Fsp3) is 0.500. The van der Waals surface area contributed by atoms with E-state index in [0.29, 0.717) is 12.0 Å². The highest BCUT2D eigenvalue weighted by molar-refractivity contribution is 5.30. The van der Waals surface area contributed by atoms with Crippen molar-refractivity contribution in [1.29, 1.82) is 0 Å². The summed E-state index contributed by atoms with van der Waals surface area (Å²) < 4.78 is 18.8. The third-order valence-corrected chi connectivity index (χ3v) is 2.45. The number of rotatable bonds is 5. The molecule has 0 spiro atoms. The number of benzene rings is 1. The minimum Gasteiger partial charge on any atom is -0.490 e. The molecule has 1 aromatic carbocycles. The van der Waals surface area contributed by atoms with Crippen LogP contribution in [-0.2, 0) is 0 Å². The van der Waals surface area contributed by atoms with Crippen molar-refractivity contribution in [3.05, 3.63) is 29.6 Å². The molecule has 1 aromatic rings. The van der Waals surface area contributed by atoms with E-state index in [1.54, 1.807) is 32.0 Å². The molecule has 3 N–H and O–H groups in total. The molecular weight excluding hydrogens is 209 g/mol. The first-order valence-corrected chi connectivity index (χ1v) is 5.24. The lowest BCUT2D eigenvalue weighted by atomic mass is 10.0. The predicted octanol–water partition coefficient (Wildman–Crippen LogP) is 1.61. The molecule has 0 saturated heterocycles. The average Bonchev–Trinajstić information content (AvgIpc) is 2.24. The van der Waals surface area contributed by atoms with Gasteiger partial charge in [0.15, 0.2) is 11.6 Å². The molecule has 0 aliphatic heterocycles. The third kappa shape index (κ3) is 3.47. The van der Waals surface area contributed by atoms with Crippen molar-refractivity contribution in [2.75, 3.05) is 13.2 Å². The summed E-state index contributed by atoms with van der Waals surface area (Å²) in [5, 5.41) is 8.94. The lowest BCUT2D eigenvalue weighted by Crippen LogP contribution is -2.41. The van der Waals surface area contributed by atoms with Gasteiger partial charge in [0.1, 0.15) is 0 Å². The molecule has 0 heterocycles. The zero-order valence-electron chi connectivity index (χ0n) is 9.66. The topological polar surface area (TPSA) is 55.5 Å². The van der Waals surface area contributed by atoms with E-state index in [4.69, 9.17) is 15.6 Å². The van der Waals surface area contributed by atoms with Crippen molar-refractivity contribution < 1.29 is 14.2 Å². The van der Waals surface area contributed by atoms with Crippen molar-refractivity contribution in [2.24, 2.45) is 5.73 Å². The van der Waals surface area contributed by atoms with E-state index in [1.165, 1.54) is 0 Å². The van der Waals surface area contributed by atoms with E-state index in [2.05, 4.69) is 0 Å². The summed E-state index contributed by atoms with van der Waals surface area (Å²) in [6.07, 6.45) is 0.469. The summed E-state index contributed by atoms with van der Waals surface area (Å²) in [5.41, 5.74) is 5.60. The summed E-state index contributed by atoms with van der Waals surface area (Å²) >= 11 is 0. The molecule has 0 amide bonds. The van der Waals surface area contributed by atoms with Crippen LogP contribution in [0.25, 0.3) is 0 Å². The van der Waals surface area contributed by atoms with Crippen LogP contribution in [0.5, 0.6) is 5.75 Å². The van der Waals surface area contributed by atoms with Crippen molar-refractivity contribution >= 4 is 0 Å². The number of aliphatic hydroxyl groups excluding tert-OH is 1. The molecule has 0 aliphatic rings. The zero-order valence-corrected chi connectivity index (χ0v) is 9.66. The molecule has 16 heavy (non-hydrogen) atoms. The van der Waals surface area contributed by atoms with Crippen LogP contribution in [0.2, 0.25) is 0 Å². The predicted molar refractivity (Wildman–Crippen MR) is 60.9 cm³/mol. The van der Waals surface area contributed by atoms with Gasteiger partial charge < -0.3 is 15.6 Å². The number of halogens is 1. The van der Waals surface area contributed by atoms with Gasteiger partial charge in [-0.1, -0.05) is 12.1 Å². The van der Waals surface area contributed by atoms with E-state index in [9.17, 15) is 4.39 Å². The Morgan fingerprint density at radius 1 is 1.50 bits per heavy atom. The van der Waals surface area contributed by atoms with Gasteiger partial charge in [0.2, 0.25) is 0 Å². The number of ether oxygens (including phenoxy) is 1. The monoisotopic (exact) mass is 227 g/mol. The zero-order chi connectivity index (χ0) is 12.2. The van der Waals surface area contributed by atoms with Crippen LogP contribution < -0.4 is 10.5 Å². The highest BCUT2D eigenvalue weighted by Crippen LogP contribution is 2.20. The van der Waals surface area contributed by atoms with Crippen LogP contribution in [0.3, 0.4) is 0 Å². The summed E-state index contributed by atoms with van der Waals surface area (Å²) in [6, 6.07) is 5.00. The van der Waals surface area contributed by atoms with Gasteiger partial charge in [-0.25, -0.2) is 4.39 Å². The number of hydrogen-bond donors (Lipinski definition) is 2. The molecule has 90 valence electrons. The lowest BCUT2D eigenvalue weighted by Gasteiger charge is -2.21. The first-order valence-electron chi connectivity index (χ1n) is 5.24. The van der Waals surface area contributed by atoms with Gasteiger partial charge in [0.05, 0.1) is 13.2 Å². The Hall–Kier alpha value is -1.13. The summed E-state index contributed by atoms with van der Waals surface area (Å²) in [7, 11) is 0. The van der Waals surface area contributed by atoms with E-state index >= 15 is 0 Å². The molecule has 0 bridgehead atoms. The number of aliphatic hydroxyl groups is 1. The highest BCUT2D eigenvalue weighted by Gasteiger charge is 2.17. The quantitative estimate of drug-likeness (QED) is 0.803. The van der Waals surface area contributed by atoms with Gasteiger partial charge >= 0.3 is 0 Å². The molecule has 0 radical (unpaired) electrons. The highest BCUT2D eigenvalue weighted by atomic mass is 19.1. The van der Waals surface area contributed by atoms with Gasteiger partial charge in [-0.2, -0.15) is 0 Å². The van der Waals surface area contributed by atoms with Crippen molar-refractivity contribution in [2.45, 2.75) is 25.8 Å². The molecule has 0 fully saturated rings. The number of aryl methyl sites for hydroxylation is 1. The molecule has 3 nitrogen and oxygen atoms in total. The van der Waals surface area contributed by atoms with Gasteiger partial charge in [-0.05, 0) is 25.5 Å². The van der Waals surface area contributed by atoms with Gasteiger partial charge in [0, 0.05) is 12.0 Å². The Morgan fingerprint density at radius 2 is 2.19 bits per heavy atom. The molecule has 0 aliphatic carbocycles. The van der Waals surface area contributed by atoms with Gasteiger partial charge in [-0.15, -0.1) is 0 Å². The summed E-state index contributed by atoms with van der Waals surface area (Å²) in [6.45, 7) is 3.58. The lowest BCUT2D eigenvalue weighted by molar-refractivity contribution is 0.173. The smallest absolute Gasteiger partial charge is 0.167 e. The molecule has 1 rings (SSSR count). The Balaban J connectivity index is 2.53. The second kappa shape index (κ2) is 5.27. The third-order valence-electron chi connectivity index (χ3n) is 2.45. The van der Waals surface area contributed by atoms with Crippen molar-refractivity contribution in [1.82, 2.24) is 0 Å². The molecule has 0 aromatic heterocycles. The maximum atomic E-state index is 13.5. The summed E-state index contributed by atoms with van der Waals surface area (Å²) in [5.74, 6) is -0.112. The van der Waals surface area contributed by atoms with Crippen LogP contribution in [0.15, 0.2) is 18.2 Å². The molecular formula is C12H18FNO2. The van der Waals surface area contributed by atoms with E-state index in [0.717, 1.165) is 0 Å². The second-order valence-corrected chi connectivity index (χ2v) is 4.30. The fourth-order valence-electron chi connectivity index (χ4n) is 1.21. The minimum absolute atomic E-state index is 0.118. The van der Waals surface area contributed by atoms with Crippen LogP contribution in [0, 0.1) is 12.7 Å². The SMILES string of the molecule is Cc1cccc(OCCC(C)(N)CO)c1F. The largest absolute Gasteiger partial charge is 0.490 e. The normalized spacial score (nSPS) is 14.6. The summed E-state index contributed by atoms with van der Waals surface area (Å²) in [4.78, 5) is 0. The van der Waals surface area contributed by atoms with Crippen LogP contribution >= 0.6 is 0 Å². The maximum absolute atomic E-state index is 13.5. The van der Waals surface area contributed by atoms with Crippen LogP contribution in [-0.4, -0.2) is 23.9 Å². The van der Waals surface area contributed by atoms with Crippen LogP contribution in [0.1, 0.15) is 18.9 Å². The van der Waals surface area contributed by atoms with Crippen molar-refractivity contribution in [3.8, 4) is 5.75 Å². The Kier molecular flexibility index (Phi) is 4.26. The fourth-order valence-corrected chi connectivity index (χ4v) is 1.21. The first-order chi connectivity index (χ1) is 7.46. The van der Waals surface area contributed by atoms with E-state index < -0.39 is 5.54 Å². The molecule has 1 atom stereocenters. The number of nitrogens with two attached hydrogens (primary N) is 1. The van der Waals surface area contributed by atoms with Crippen molar-refractivity contribution in [3.63, 3.8) is 0 Å². The Morgan fingerprint density at radius 3 is 2.81 bits per heavy atom. The average molecular weight is 227 g/mol. The molecule has 1 unspecified atom stereocenters. The first kappa shape index (κ1) is 12.9. The Bertz CT molecular complexity index is 353. The van der Waals surface area contributed by atoms with Crippen LogP contribution in [0.4, 0.5) is 4.39 Å². The molecule has 0 saturated carbocycles. The van der Waals surface area contributed by atoms with E-state index in [-0.39, 0.29) is 24.8 Å². The van der Waals surface area contributed by atoms with Gasteiger partial charge in [-0.3, -0.25) is 0 Å². The van der Waals surface area contributed by atoms with E-state index in [1.807, 2.05) is 0 Å². The standard InChI is InChI=1S/C12H18FNO2/c1-9-4-3-5-10(11(9)13)16-7-6-12(2,14)8-15/h3-5,15H,6-8,14H2,1-2H3. The molecule has 4 heteroatoms. The maximum Gasteiger partial charge on any atom is 0.167 e. The second-order valence-electron chi connectivity index (χ2n) is 4.30. The van der Waals surface area contributed by atoms with Gasteiger partial charge in [0.25, 0.3) is 0 Å². The Labute approximate surface area is 95.0 Å². The number of hydrogen-bond acceptors (Lipinski definition) is 3.